The van der Waals surface area contributed by atoms with Gasteiger partial charge >= 0.3 is 0 Å². The van der Waals surface area contributed by atoms with Crippen molar-refractivity contribution in [3.05, 3.63) is 0 Å². The van der Waals surface area contributed by atoms with E-state index in [0.717, 1.165) is 18.4 Å². The molecular formula is C8H15NO. The fourth-order valence-electron chi connectivity index (χ4n) is 1.87. The van der Waals surface area contributed by atoms with E-state index < -0.39 is 0 Å². The first kappa shape index (κ1) is 6.62. The lowest BCUT2D eigenvalue weighted by Gasteiger charge is -2.11. The molecule has 0 radical (unpaired) electrons. The summed E-state index contributed by atoms with van der Waals surface area (Å²) in [6.07, 6.45) is 4.31. The predicted octanol–water partition coefficient (Wildman–Crippen LogP) is 1.28. The molecule has 58 valence electrons. The maximum atomic E-state index is 5.15. The Hall–Kier alpha value is -0.0800. The summed E-state index contributed by atoms with van der Waals surface area (Å²) in [6.45, 7) is 2.33. The van der Waals surface area contributed by atoms with Crippen LogP contribution in [0.5, 0.6) is 0 Å². The third-order valence-electron chi connectivity index (χ3n) is 2.73. The van der Waals surface area contributed by atoms with Gasteiger partial charge in [-0.05, 0) is 31.1 Å². The van der Waals surface area contributed by atoms with Crippen molar-refractivity contribution in [3.8, 4) is 0 Å². The van der Waals surface area contributed by atoms with Crippen LogP contribution < -0.4 is 0 Å². The van der Waals surface area contributed by atoms with E-state index in [1.807, 2.05) is 0 Å². The van der Waals surface area contributed by atoms with E-state index in [-0.39, 0.29) is 0 Å². The van der Waals surface area contributed by atoms with Crippen LogP contribution in [-0.4, -0.2) is 25.3 Å². The van der Waals surface area contributed by atoms with Gasteiger partial charge in [0.25, 0.3) is 0 Å². The molecule has 1 aliphatic heterocycles. The van der Waals surface area contributed by atoms with Crippen molar-refractivity contribution in [2.75, 3.05) is 20.2 Å². The number of nitrogens with zero attached hydrogens (tertiary/aromatic N) is 1. The molecule has 2 aliphatic rings. The van der Waals surface area contributed by atoms with Crippen LogP contribution in [0.4, 0.5) is 0 Å². The Labute approximate surface area is 62.1 Å². The van der Waals surface area contributed by atoms with Crippen molar-refractivity contribution in [2.24, 2.45) is 11.8 Å². The van der Waals surface area contributed by atoms with Crippen LogP contribution in [0.15, 0.2) is 0 Å². The van der Waals surface area contributed by atoms with Crippen LogP contribution in [-0.2, 0) is 4.84 Å². The highest BCUT2D eigenvalue weighted by atomic mass is 16.7. The number of rotatable bonds is 2. The normalized spacial score (nSPS) is 35.1. The molecule has 0 aromatic rings. The van der Waals surface area contributed by atoms with Crippen molar-refractivity contribution < 1.29 is 4.84 Å². The van der Waals surface area contributed by atoms with E-state index in [2.05, 4.69) is 5.06 Å². The summed E-state index contributed by atoms with van der Waals surface area (Å²) in [5.74, 6) is 2.01. The van der Waals surface area contributed by atoms with E-state index in [1.54, 1.807) is 7.11 Å². The van der Waals surface area contributed by atoms with Gasteiger partial charge in [0.05, 0.1) is 7.11 Å². The second kappa shape index (κ2) is 2.51. The lowest BCUT2D eigenvalue weighted by atomic mass is 10.0. The van der Waals surface area contributed by atoms with E-state index in [0.29, 0.717) is 0 Å². The summed E-state index contributed by atoms with van der Waals surface area (Å²) in [4.78, 5) is 5.15. The highest BCUT2D eigenvalue weighted by Gasteiger charge is 2.35. The van der Waals surface area contributed by atoms with Gasteiger partial charge in [-0.3, -0.25) is 0 Å². The Morgan fingerprint density at radius 2 is 2.00 bits per heavy atom. The quantitative estimate of drug-likeness (QED) is 0.574. The van der Waals surface area contributed by atoms with Crippen LogP contribution in [0.2, 0.25) is 0 Å². The summed E-state index contributed by atoms with van der Waals surface area (Å²) < 4.78 is 0. The summed E-state index contributed by atoms with van der Waals surface area (Å²) >= 11 is 0. The standard InChI is InChI=1S/C8H15NO/c1-10-9-5-4-8(6-9)7-2-3-7/h7-8H,2-6H2,1H3/t8-/m1/s1. The van der Waals surface area contributed by atoms with Crippen molar-refractivity contribution in [1.82, 2.24) is 5.06 Å². The number of hydrogen-bond donors (Lipinski definition) is 0. The highest BCUT2D eigenvalue weighted by molar-refractivity contribution is 4.85. The molecule has 1 atom stereocenters. The van der Waals surface area contributed by atoms with Gasteiger partial charge < -0.3 is 4.84 Å². The van der Waals surface area contributed by atoms with E-state index in [4.69, 9.17) is 4.84 Å². The second-order valence-electron chi connectivity index (χ2n) is 3.46. The predicted molar refractivity (Wildman–Crippen MR) is 39.4 cm³/mol. The lowest BCUT2D eigenvalue weighted by molar-refractivity contribution is -0.115. The SMILES string of the molecule is CON1CC[C@@H](C2CC2)C1. The average Bonchev–Trinajstić information content (AvgIpc) is 2.70. The first-order chi connectivity index (χ1) is 4.90. The van der Waals surface area contributed by atoms with Gasteiger partial charge in [0.2, 0.25) is 0 Å². The molecule has 2 heteroatoms. The summed E-state index contributed by atoms with van der Waals surface area (Å²) in [7, 11) is 1.77. The second-order valence-corrected chi connectivity index (χ2v) is 3.46. The molecule has 1 saturated carbocycles. The molecule has 10 heavy (non-hydrogen) atoms. The van der Waals surface area contributed by atoms with Gasteiger partial charge in [-0.15, -0.1) is 0 Å². The molecule has 0 spiro atoms. The smallest absolute Gasteiger partial charge is 0.0575 e. The van der Waals surface area contributed by atoms with Crippen LogP contribution in [0.1, 0.15) is 19.3 Å². The molecule has 2 rings (SSSR count). The number of hydroxylamine groups is 2. The molecule has 0 N–H and O–H groups in total. The lowest BCUT2D eigenvalue weighted by Crippen LogP contribution is -2.19. The third-order valence-corrected chi connectivity index (χ3v) is 2.73. The largest absolute Gasteiger partial charge is 0.302 e. The Morgan fingerprint density at radius 3 is 2.50 bits per heavy atom. The number of hydrogen-bond acceptors (Lipinski definition) is 2. The molecule has 2 fully saturated rings. The molecule has 0 aromatic carbocycles. The van der Waals surface area contributed by atoms with Crippen molar-refractivity contribution in [3.63, 3.8) is 0 Å². The van der Waals surface area contributed by atoms with Crippen LogP contribution in [0.25, 0.3) is 0 Å². The summed E-state index contributed by atoms with van der Waals surface area (Å²) in [6, 6.07) is 0. The fraction of sp³-hybridized carbons (Fsp3) is 1.00. The zero-order valence-corrected chi connectivity index (χ0v) is 6.55. The minimum atomic E-state index is 0.958. The van der Waals surface area contributed by atoms with Crippen molar-refractivity contribution in [1.29, 1.82) is 0 Å². The molecule has 0 amide bonds. The Kier molecular flexibility index (Phi) is 1.66. The van der Waals surface area contributed by atoms with Crippen LogP contribution >= 0.6 is 0 Å². The molecule has 1 saturated heterocycles. The maximum absolute atomic E-state index is 5.15. The van der Waals surface area contributed by atoms with Gasteiger partial charge in [-0.2, -0.15) is 5.06 Å². The maximum Gasteiger partial charge on any atom is 0.0575 e. The van der Waals surface area contributed by atoms with E-state index in [9.17, 15) is 0 Å². The topological polar surface area (TPSA) is 12.5 Å². The van der Waals surface area contributed by atoms with Crippen molar-refractivity contribution >= 4 is 0 Å². The molecule has 0 bridgehead atoms. The zero-order chi connectivity index (χ0) is 6.97. The van der Waals surface area contributed by atoms with Gasteiger partial charge in [0, 0.05) is 13.1 Å². The Balaban J connectivity index is 1.81. The minimum absolute atomic E-state index is 0.958. The molecule has 0 unspecified atom stereocenters. The molecule has 2 nitrogen and oxygen atoms in total. The van der Waals surface area contributed by atoms with E-state index >= 15 is 0 Å². The molecule has 0 aromatic heterocycles. The fourth-order valence-corrected chi connectivity index (χ4v) is 1.87. The first-order valence-electron chi connectivity index (χ1n) is 4.19. The third kappa shape index (κ3) is 1.18. The highest BCUT2D eigenvalue weighted by Crippen LogP contribution is 2.41. The van der Waals surface area contributed by atoms with Crippen LogP contribution in [0, 0.1) is 11.8 Å². The average molecular weight is 141 g/mol. The van der Waals surface area contributed by atoms with Crippen LogP contribution in [0.3, 0.4) is 0 Å². The Morgan fingerprint density at radius 1 is 1.20 bits per heavy atom. The molecule has 1 aliphatic carbocycles. The molecular weight excluding hydrogens is 126 g/mol. The summed E-state index contributed by atoms with van der Waals surface area (Å²) in [5.41, 5.74) is 0. The Bertz CT molecular complexity index is 122. The van der Waals surface area contributed by atoms with Crippen molar-refractivity contribution in [2.45, 2.75) is 19.3 Å². The van der Waals surface area contributed by atoms with Gasteiger partial charge in [-0.1, -0.05) is 0 Å². The van der Waals surface area contributed by atoms with E-state index in [1.165, 1.54) is 25.8 Å². The van der Waals surface area contributed by atoms with Gasteiger partial charge in [0.15, 0.2) is 0 Å². The minimum Gasteiger partial charge on any atom is -0.302 e. The first-order valence-corrected chi connectivity index (χ1v) is 4.19. The van der Waals surface area contributed by atoms with Gasteiger partial charge in [0.1, 0.15) is 0 Å². The molecule has 1 heterocycles. The zero-order valence-electron chi connectivity index (χ0n) is 6.55. The monoisotopic (exact) mass is 141 g/mol. The van der Waals surface area contributed by atoms with Gasteiger partial charge in [-0.25, -0.2) is 0 Å². The summed E-state index contributed by atoms with van der Waals surface area (Å²) in [5, 5.41) is 2.09.